The highest BCUT2D eigenvalue weighted by molar-refractivity contribution is 9.10. The summed E-state index contributed by atoms with van der Waals surface area (Å²) in [4.78, 5) is 15.8. The molecule has 0 aliphatic rings. The van der Waals surface area contributed by atoms with E-state index in [2.05, 4.69) is 36.8 Å². The number of hydrogen-bond acceptors (Lipinski definition) is 6. The Bertz CT molecular complexity index is 1120. The molecule has 3 rings (SSSR count). The first kappa shape index (κ1) is 24.1. The Morgan fingerprint density at radius 3 is 2.55 bits per heavy atom. The predicted octanol–water partition coefficient (Wildman–Crippen LogP) is 5.34. The van der Waals surface area contributed by atoms with Gasteiger partial charge in [-0.25, -0.2) is 4.98 Å². The van der Waals surface area contributed by atoms with Gasteiger partial charge in [-0.15, -0.1) is 0 Å². The van der Waals surface area contributed by atoms with Crippen LogP contribution in [-0.2, 0) is 11.0 Å². The number of carbonyl (C=O) groups is 1. The Morgan fingerprint density at radius 2 is 1.91 bits per heavy atom. The van der Waals surface area contributed by atoms with E-state index >= 15 is 0 Å². The molecule has 0 spiro atoms. The third kappa shape index (κ3) is 6.94. The summed E-state index contributed by atoms with van der Waals surface area (Å²) in [6.45, 7) is -0.230. The molecule has 1 amide bonds. The molecule has 2 aromatic carbocycles. The van der Waals surface area contributed by atoms with E-state index in [1.165, 1.54) is 19.4 Å². The summed E-state index contributed by atoms with van der Waals surface area (Å²) in [7, 11) is 1.45. The average Bonchev–Trinajstić information content (AvgIpc) is 2.79. The number of rotatable bonds is 8. The van der Waals surface area contributed by atoms with Crippen LogP contribution in [0.25, 0.3) is 0 Å². The summed E-state index contributed by atoms with van der Waals surface area (Å²) in [5, 5.41) is 6.70. The first-order valence-corrected chi connectivity index (χ1v) is 10.2. The quantitative estimate of drug-likeness (QED) is 0.308. The molecule has 1 heterocycles. The first-order valence-electron chi connectivity index (χ1n) is 9.44. The maximum Gasteiger partial charge on any atom is 0.417 e. The number of pyridine rings is 1. The molecule has 0 radical (unpaired) electrons. The molecule has 0 bridgehead atoms. The first-order chi connectivity index (χ1) is 15.8. The third-order valence-electron chi connectivity index (χ3n) is 4.17. The molecule has 3 aromatic rings. The molecule has 0 aliphatic carbocycles. The monoisotopic (exact) mass is 522 g/mol. The van der Waals surface area contributed by atoms with Crippen molar-refractivity contribution in [1.29, 1.82) is 0 Å². The molecular formula is C22H18BrF3N4O3. The summed E-state index contributed by atoms with van der Waals surface area (Å²) in [5.41, 5.74) is 2.95. The Morgan fingerprint density at radius 1 is 1.15 bits per heavy atom. The number of alkyl halides is 3. The second-order valence-electron chi connectivity index (χ2n) is 6.53. The van der Waals surface area contributed by atoms with Crippen molar-refractivity contribution in [2.75, 3.05) is 24.5 Å². The molecule has 0 unspecified atom stereocenters. The highest BCUT2D eigenvalue weighted by Gasteiger charge is 2.30. The molecule has 11 heteroatoms. The van der Waals surface area contributed by atoms with Crippen LogP contribution < -0.4 is 20.2 Å². The van der Waals surface area contributed by atoms with Gasteiger partial charge < -0.3 is 14.8 Å². The number of methoxy groups -OCH3 is 1. The van der Waals surface area contributed by atoms with Gasteiger partial charge in [0.05, 0.1) is 18.9 Å². The fraction of sp³-hybridized carbons (Fsp3) is 0.136. The number of ether oxygens (including phenoxy) is 2. The molecule has 7 nitrogen and oxygen atoms in total. The Hall–Kier alpha value is -3.60. The van der Waals surface area contributed by atoms with E-state index in [1.807, 2.05) is 6.07 Å². The lowest BCUT2D eigenvalue weighted by molar-refractivity contribution is -0.137. The van der Waals surface area contributed by atoms with Gasteiger partial charge >= 0.3 is 6.18 Å². The van der Waals surface area contributed by atoms with Crippen LogP contribution >= 0.6 is 15.9 Å². The molecule has 1 aromatic heterocycles. The van der Waals surface area contributed by atoms with Crippen molar-refractivity contribution in [2.24, 2.45) is 5.10 Å². The number of nitrogens with zero attached hydrogens (tertiary/aromatic N) is 2. The maximum atomic E-state index is 12.6. The van der Waals surface area contributed by atoms with Crippen LogP contribution in [0.15, 0.2) is 70.4 Å². The predicted molar refractivity (Wildman–Crippen MR) is 122 cm³/mol. The summed E-state index contributed by atoms with van der Waals surface area (Å²) in [6, 6.07) is 14.3. The number of anilines is 2. The molecule has 0 saturated heterocycles. The third-order valence-corrected chi connectivity index (χ3v) is 4.86. The van der Waals surface area contributed by atoms with E-state index in [0.717, 1.165) is 12.3 Å². The van der Waals surface area contributed by atoms with Gasteiger partial charge in [0.1, 0.15) is 5.82 Å². The lowest BCUT2D eigenvalue weighted by atomic mass is 10.2. The fourth-order valence-electron chi connectivity index (χ4n) is 2.58. The van der Waals surface area contributed by atoms with Gasteiger partial charge in [0, 0.05) is 21.9 Å². The van der Waals surface area contributed by atoms with E-state index in [-0.39, 0.29) is 18.3 Å². The minimum Gasteiger partial charge on any atom is -0.493 e. The Balaban J connectivity index is 1.62. The van der Waals surface area contributed by atoms with Crippen molar-refractivity contribution in [3.05, 3.63) is 76.4 Å². The number of hydrogen-bond donors (Lipinski definition) is 2. The van der Waals surface area contributed by atoms with Crippen LogP contribution in [0.1, 0.15) is 11.1 Å². The molecule has 0 atom stereocenters. The second-order valence-corrected chi connectivity index (χ2v) is 7.38. The number of carbonyl (C=O) groups excluding carboxylic acids is 1. The minimum atomic E-state index is -4.46. The highest BCUT2D eigenvalue weighted by atomic mass is 79.9. The summed E-state index contributed by atoms with van der Waals surface area (Å²) >= 11 is 3.39. The lowest BCUT2D eigenvalue weighted by Crippen LogP contribution is -2.20. The van der Waals surface area contributed by atoms with E-state index in [4.69, 9.17) is 9.47 Å². The largest absolute Gasteiger partial charge is 0.493 e. The van der Waals surface area contributed by atoms with Gasteiger partial charge in [0.2, 0.25) is 0 Å². The van der Waals surface area contributed by atoms with E-state index in [0.29, 0.717) is 27.2 Å². The van der Waals surface area contributed by atoms with E-state index in [1.54, 1.807) is 36.4 Å². The SMILES string of the molecule is COc1cc(/C=N\Nc2ccc(C(F)(F)F)cn2)c(Br)cc1OCC(=O)Nc1ccccc1. The van der Waals surface area contributed by atoms with Crippen molar-refractivity contribution in [3.8, 4) is 11.5 Å². The number of benzene rings is 2. The normalized spacial score (nSPS) is 11.3. The van der Waals surface area contributed by atoms with Crippen molar-refractivity contribution in [2.45, 2.75) is 6.18 Å². The van der Waals surface area contributed by atoms with Crippen LogP contribution in [0.3, 0.4) is 0 Å². The maximum absolute atomic E-state index is 12.6. The number of nitrogens with one attached hydrogen (secondary N) is 2. The molecular weight excluding hydrogens is 505 g/mol. The number of para-hydroxylation sites is 1. The number of halogens is 4. The van der Waals surface area contributed by atoms with Gasteiger partial charge in [0.15, 0.2) is 18.1 Å². The summed E-state index contributed by atoms with van der Waals surface area (Å²) in [5.74, 6) is 0.506. The molecule has 0 aliphatic heterocycles. The zero-order valence-electron chi connectivity index (χ0n) is 17.2. The number of amides is 1. The van der Waals surface area contributed by atoms with Gasteiger partial charge in [-0.2, -0.15) is 18.3 Å². The van der Waals surface area contributed by atoms with Crippen molar-refractivity contribution in [3.63, 3.8) is 0 Å². The highest BCUT2D eigenvalue weighted by Crippen LogP contribution is 2.33. The zero-order valence-corrected chi connectivity index (χ0v) is 18.8. The van der Waals surface area contributed by atoms with Crippen LogP contribution in [0.4, 0.5) is 24.7 Å². The van der Waals surface area contributed by atoms with Gasteiger partial charge in [-0.05, 0) is 52.3 Å². The van der Waals surface area contributed by atoms with Crippen LogP contribution in [-0.4, -0.2) is 30.8 Å². The Labute approximate surface area is 195 Å². The van der Waals surface area contributed by atoms with E-state index in [9.17, 15) is 18.0 Å². The summed E-state index contributed by atoms with van der Waals surface area (Å²) < 4.78 is 49.3. The molecule has 2 N–H and O–H groups in total. The standard InChI is InChI=1S/C22H18BrF3N4O3/c1-32-18-9-14(11-28-30-20-8-7-15(12-27-20)22(24,25)26)17(23)10-19(18)33-13-21(31)29-16-5-3-2-4-6-16/h2-12H,13H2,1H3,(H,27,30)(H,29,31)/b28-11-. The number of aromatic nitrogens is 1. The van der Waals surface area contributed by atoms with Crippen LogP contribution in [0, 0.1) is 0 Å². The summed E-state index contributed by atoms with van der Waals surface area (Å²) in [6.07, 6.45) is -2.31. The second kappa shape index (κ2) is 10.8. The fourth-order valence-corrected chi connectivity index (χ4v) is 3.00. The van der Waals surface area contributed by atoms with Gasteiger partial charge in [-0.1, -0.05) is 18.2 Å². The number of hydrazone groups is 1. The van der Waals surface area contributed by atoms with Crippen molar-refractivity contribution >= 4 is 39.6 Å². The van der Waals surface area contributed by atoms with Crippen molar-refractivity contribution in [1.82, 2.24) is 4.98 Å². The zero-order chi connectivity index (χ0) is 23.8. The molecule has 0 fully saturated rings. The minimum absolute atomic E-state index is 0.145. The van der Waals surface area contributed by atoms with Crippen LogP contribution in [0.5, 0.6) is 11.5 Å². The molecule has 0 saturated carbocycles. The van der Waals surface area contributed by atoms with Gasteiger partial charge in [-0.3, -0.25) is 10.2 Å². The average molecular weight is 523 g/mol. The smallest absolute Gasteiger partial charge is 0.417 e. The van der Waals surface area contributed by atoms with Crippen molar-refractivity contribution < 1.29 is 27.4 Å². The molecule has 172 valence electrons. The van der Waals surface area contributed by atoms with Gasteiger partial charge in [0.25, 0.3) is 5.91 Å². The Kier molecular flexibility index (Phi) is 7.88. The van der Waals surface area contributed by atoms with E-state index < -0.39 is 11.7 Å². The molecule has 33 heavy (non-hydrogen) atoms. The van der Waals surface area contributed by atoms with Crippen LogP contribution in [0.2, 0.25) is 0 Å². The lowest BCUT2D eigenvalue weighted by Gasteiger charge is -2.13. The topological polar surface area (TPSA) is 84.8 Å².